The van der Waals surface area contributed by atoms with Crippen molar-refractivity contribution in [1.29, 1.82) is 0 Å². The van der Waals surface area contributed by atoms with Gasteiger partial charge in [-0.05, 0) is 39.2 Å². The molecule has 0 radical (unpaired) electrons. The van der Waals surface area contributed by atoms with E-state index in [4.69, 9.17) is 9.47 Å². The van der Waals surface area contributed by atoms with Crippen molar-refractivity contribution in [3.05, 3.63) is 35.9 Å². The van der Waals surface area contributed by atoms with Crippen LogP contribution in [0.2, 0.25) is 0 Å². The van der Waals surface area contributed by atoms with Crippen molar-refractivity contribution in [2.75, 3.05) is 19.7 Å². The monoisotopic (exact) mass is 303 g/mol. The molecular formula is C18H25NO3. The van der Waals surface area contributed by atoms with Gasteiger partial charge in [0.25, 0.3) is 0 Å². The Morgan fingerprint density at radius 2 is 2.00 bits per heavy atom. The lowest BCUT2D eigenvalue weighted by atomic mass is 9.81. The molecular weight excluding hydrogens is 278 g/mol. The van der Waals surface area contributed by atoms with Gasteiger partial charge in [-0.25, -0.2) is 4.79 Å². The second-order valence-corrected chi connectivity index (χ2v) is 7.31. The Hall–Kier alpha value is -1.55. The van der Waals surface area contributed by atoms with E-state index in [2.05, 4.69) is 12.1 Å². The first-order valence-electron chi connectivity index (χ1n) is 8.08. The van der Waals surface area contributed by atoms with Crippen LogP contribution in [0.3, 0.4) is 0 Å². The summed E-state index contributed by atoms with van der Waals surface area (Å²) in [6, 6.07) is 10.4. The summed E-state index contributed by atoms with van der Waals surface area (Å²) in [5, 5.41) is 0. The third-order valence-electron chi connectivity index (χ3n) is 4.45. The fourth-order valence-corrected chi connectivity index (χ4v) is 3.29. The standard InChI is InChI=1S/C18H25NO3/c1-17(2,3)22-16(20)19-11-7-10-15(12-19)18(13-21-18)14-8-5-4-6-9-14/h4-6,8-9,15H,7,10-13H2,1-3H3/t15-,18+/m0/s1. The molecule has 1 aromatic carbocycles. The number of epoxide rings is 1. The molecule has 2 heterocycles. The summed E-state index contributed by atoms with van der Waals surface area (Å²) in [4.78, 5) is 14.1. The predicted octanol–water partition coefficient (Wildman–Crippen LogP) is 3.56. The van der Waals surface area contributed by atoms with Crippen LogP contribution in [0.15, 0.2) is 30.3 Å². The molecule has 0 bridgehead atoms. The third-order valence-corrected chi connectivity index (χ3v) is 4.45. The molecule has 2 aliphatic heterocycles. The molecule has 4 nitrogen and oxygen atoms in total. The minimum Gasteiger partial charge on any atom is -0.444 e. The van der Waals surface area contributed by atoms with Crippen LogP contribution in [0.25, 0.3) is 0 Å². The van der Waals surface area contributed by atoms with Crippen molar-refractivity contribution in [2.45, 2.75) is 44.8 Å². The number of nitrogens with zero attached hydrogens (tertiary/aromatic N) is 1. The molecule has 0 spiro atoms. The van der Waals surface area contributed by atoms with E-state index in [0.29, 0.717) is 12.5 Å². The topological polar surface area (TPSA) is 42.1 Å². The summed E-state index contributed by atoms with van der Waals surface area (Å²) in [7, 11) is 0. The number of ether oxygens (including phenoxy) is 2. The minimum atomic E-state index is -0.447. The van der Waals surface area contributed by atoms with Gasteiger partial charge in [0.2, 0.25) is 0 Å². The smallest absolute Gasteiger partial charge is 0.410 e. The highest BCUT2D eigenvalue weighted by atomic mass is 16.6. The first-order valence-corrected chi connectivity index (χ1v) is 8.08. The van der Waals surface area contributed by atoms with Gasteiger partial charge in [0.1, 0.15) is 11.2 Å². The summed E-state index contributed by atoms with van der Waals surface area (Å²) >= 11 is 0. The minimum absolute atomic E-state index is 0.193. The van der Waals surface area contributed by atoms with Crippen molar-refractivity contribution in [2.24, 2.45) is 5.92 Å². The Kier molecular flexibility index (Phi) is 3.89. The maximum absolute atomic E-state index is 12.3. The maximum Gasteiger partial charge on any atom is 0.410 e. The number of hydrogen-bond acceptors (Lipinski definition) is 3. The molecule has 2 atom stereocenters. The molecule has 0 N–H and O–H groups in total. The van der Waals surface area contributed by atoms with Crippen molar-refractivity contribution < 1.29 is 14.3 Å². The maximum atomic E-state index is 12.3. The number of benzene rings is 1. The first kappa shape index (κ1) is 15.3. The Balaban J connectivity index is 1.70. The molecule has 1 aromatic rings. The fourth-order valence-electron chi connectivity index (χ4n) is 3.29. The summed E-state index contributed by atoms with van der Waals surface area (Å²) in [6.45, 7) is 7.95. The Morgan fingerprint density at radius 3 is 2.59 bits per heavy atom. The van der Waals surface area contributed by atoms with Gasteiger partial charge in [-0.3, -0.25) is 0 Å². The first-order chi connectivity index (χ1) is 10.4. The largest absolute Gasteiger partial charge is 0.444 e. The number of amides is 1. The van der Waals surface area contributed by atoms with E-state index < -0.39 is 5.60 Å². The van der Waals surface area contributed by atoms with Gasteiger partial charge < -0.3 is 14.4 Å². The normalized spacial score (nSPS) is 28.3. The van der Waals surface area contributed by atoms with Crippen molar-refractivity contribution in [1.82, 2.24) is 4.90 Å². The van der Waals surface area contributed by atoms with Crippen LogP contribution in [0, 0.1) is 5.92 Å². The highest BCUT2D eigenvalue weighted by Gasteiger charge is 2.54. The molecule has 0 aliphatic carbocycles. The van der Waals surface area contributed by atoms with Crippen LogP contribution in [-0.4, -0.2) is 36.3 Å². The second kappa shape index (κ2) is 5.58. The van der Waals surface area contributed by atoms with Crippen LogP contribution in [0.5, 0.6) is 0 Å². The molecule has 22 heavy (non-hydrogen) atoms. The lowest BCUT2D eigenvalue weighted by molar-refractivity contribution is 0.0105. The molecule has 3 rings (SSSR count). The number of rotatable bonds is 2. The van der Waals surface area contributed by atoms with Gasteiger partial charge in [0.05, 0.1) is 6.61 Å². The van der Waals surface area contributed by atoms with Crippen molar-refractivity contribution in [3.63, 3.8) is 0 Å². The second-order valence-electron chi connectivity index (χ2n) is 7.31. The summed E-state index contributed by atoms with van der Waals surface area (Å²) in [5.74, 6) is 0.344. The van der Waals surface area contributed by atoms with Crippen LogP contribution >= 0.6 is 0 Å². The zero-order chi connectivity index (χ0) is 15.8. The van der Waals surface area contributed by atoms with Gasteiger partial charge in [0, 0.05) is 19.0 Å². The fraction of sp³-hybridized carbons (Fsp3) is 0.611. The average molecular weight is 303 g/mol. The van der Waals surface area contributed by atoms with Crippen LogP contribution in [-0.2, 0) is 15.1 Å². The number of hydrogen-bond donors (Lipinski definition) is 0. The summed E-state index contributed by atoms with van der Waals surface area (Å²) in [5.41, 5.74) is 0.588. The zero-order valence-corrected chi connectivity index (χ0v) is 13.7. The van der Waals surface area contributed by atoms with Crippen molar-refractivity contribution >= 4 is 6.09 Å². The molecule has 0 aromatic heterocycles. The van der Waals surface area contributed by atoms with E-state index in [1.165, 1.54) is 5.56 Å². The van der Waals surface area contributed by atoms with Gasteiger partial charge in [-0.15, -0.1) is 0 Å². The zero-order valence-electron chi connectivity index (χ0n) is 13.7. The number of carbonyl (C=O) groups is 1. The molecule has 1 amide bonds. The number of piperidine rings is 1. The van der Waals surface area contributed by atoms with E-state index in [1.807, 2.05) is 43.9 Å². The lowest BCUT2D eigenvalue weighted by Crippen LogP contribution is -2.46. The van der Waals surface area contributed by atoms with E-state index in [1.54, 1.807) is 0 Å². The average Bonchev–Trinajstić information content (AvgIpc) is 3.28. The van der Waals surface area contributed by atoms with Gasteiger partial charge in [-0.1, -0.05) is 30.3 Å². The highest BCUT2D eigenvalue weighted by molar-refractivity contribution is 5.68. The predicted molar refractivity (Wildman–Crippen MR) is 84.6 cm³/mol. The van der Waals surface area contributed by atoms with Gasteiger partial charge in [0.15, 0.2) is 0 Å². The van der Waals surface area contributed by atoms with E-state index in [-0.39, 0.29) is 11.7 Å². The van der Waals surface area contributed by atoms with E-state index in [9.17, 15) is 4.79 Å². The molecule has 120 valence electrons. The Labute approximate surface area is 132 Å². The molecule has 2 saturated heterocycles. The lowest BCUT2D eigenvalue weighted by Gasteiger charge is -2.36. The molecule has 2 fully saturated rings. The van der Waals surface area contributed by atoms with Gasteiger partial charge in [-0.2, -0.15) is 0 Å². The van der Waals surface area contributed by atoms with Crippen LogP contribution in [0.4, 0.5) is 4.79 Å². The van der Waals surface area contributed by atoms with E-state index in [0.717, 1.165) is 26.0 Å². The SMILES string of the molecule is CC(C)(C)OC(=O)N1CCC[C@H]([C@]2(c3ccccc3)CO2)C1. The number of likely N-dealkylation sites (tertiary alicyclic amines) is 1. The quantitative estimate of drug-likeness (QED) is 0.785. The van der Waals surface area contributed by atoms with Crippen LogP contribution < -0.4 is 0 Å². The highest BCUT2D eigenvalue weighted by Crippen LogP contribution is 2.48. The molecule has 4 heteroatoms. The molecule has 0 saturated carbocycles. The van der Waals surface area contributed by atoms with Crippen molar-refractivity contribution in [3.8, 4) is 0 Å². The third kappa shape index (κ3) is 3.12. The molecule has 2 aliphatic rings. The van der Waals surface area contributed by atoms with E-state index >= 15 is 0 Å². The Bertz CT molecular complexity index is 531. The molecule has 0 unspecified atom stereocenters. The Morgan fingerprint density at radius 1 is 1.32 bits per heavy atom. The van der Waals surface area contributed by atoms with Gasteiger partial charge >= 0.3 is 6.09 Å². The van der Waals surface area contributed by atoms with Crippen LogP contribution in [0.1, 0.15) is 39.2 Å². The number of carbonyl (C=O) groups excluding carboxylic acids is 1. The summed E-state index contributed by atoms with van der Waals surface area (Å²) < 4.78 is 11.4. The summed E-state index contributed by atoms with van der Waals surface area (Å²) in [6.07, 6.45) is 1.89.